The summed E-state index contributed by atoms with van der Waals surface area (Å²) in [5.74, 6) is 0.748. The molecule has 1 aromatic rings. The molecule has 0 aromatic carbocycles. The Morgan fingerprint density at radius 1 is 1.65 bits per heavy atom. The van der Waals surface area contributed by atoms with E-state index in [2.05, 4.69) is 16.0 Å². The van der Waals surface area contributed by atoms with Gasteiger partial charge in [0.2, 0.25) is 0 Å². The third-order valence-electron chi connectivity index (χ3n) is 2.38. The van der Waals surface area contributed by atoms with Gasteiger partial charge in [-0.15, -0.1) is 0 Å². The second-order valence-electron chi connectivity index (χ2n) is 3.47. The molecule has 2 heterocycles. The van der Waals surface area contributed by atoms with Gasteiger partial charge in [0.25, 0.3) is 0 Å². The zero-order valence-corrected chi connectivity index (χ0v) is 10.8. The van der Waals surface area contributed by atoms with Crippen LogP contribution in [0.1, 0.15) is 0 Å². The monoisotopic (exact) mass is 270 g/mol. The summed E-state index contributed by atoms with van der Waals surface area (Å²) in [5, 5.41) is 9.89. The van der Waals surface area contributed by atoms with Gasteiger partial charge in [0.05, 0.1) is 19.2 Å². The molecular weight excluding hydrogens is 260 g/mol. The van der Waals surface area contributed by atoms with Gasteiger partial charge >= 0.3 is 0 Å². The molecule has 1 aromatic heterocycles. The van der Waals surface area contributed by atoms with Crippen molar-refractivity contribution in [3.63, 3.8) is 0 Å². The van der Waals surface area contributed by atoms with Crippen molar-refractivity contribution in [2.75, 3.05) is 30.9 Å². The van der Waals surface area contributed by atoms with E-state index in [1.165, 1.54) is 11.8 Å². The Morgan fingerprint density at radius 3 is 3.18 bits per heavy atom. The average molecular weight is 271 g/mol. The number of ether oxygens (including phenoxy) is 1. The van der Waals surface area contributed by atoms with Gasteiger partial charge in [-0.05, 0) is 6.26 Å². The van der Waals surface area contributed by atoms with E-state index in [0.29, 0.717) is 30.0 Å². The van der Waals surface area contributed by atoms with Crippen LogP contribution in [-0.2, 0) is 4.74 Å². The molecule has 1 atom stereocenters. The van der Waals surface area contributed by atoms with Crippen LogP contribution in [0, 0.1) is 11.3 Å². The summed E-state index contributed by atoms with van der Waals surface area (Å²) in [6, 6.07) is 3.81. The van der Waals surface area contributed by atoms with Crippen molar-refractivity contribution in [3.05, 3.63) is 11.2 Å². The normalized spacial score (nSPS) is 20.1. The summed E-state index contributed by atoms with van der Waals surface area (Å²) < 4.78 is 5.28. The molecule has 1 saturated heterocycles. The van der Waals surface area contributed by atoms with Crippen LogP contribution in [0.2, 0.25) is 5.15 Å². The summed E-state index contributed by atoms with van der Waals surface area (Å²) in [6.45, 7) is 1.74. The zero-order valence-electron chi connectivity index (χ0n) is 9.26. The topological polar surface area (TPSA) is 62.0 Å². The number of thioether (sulfide) groups is 1. The van der Waals surface area contributed by atoms with E-state index in [9.17, 15) is 0 Å². The van der Waals surface area contributed by atoms with Gasteiger partial charge in [-0.1, -0.05) is 23.4 Å². The first-order valence-corrected chi connectivity index (χ1v) is 6.68. The van der Waals surface area contributed by atoms with Crippen LogP contribution in [0.3, 0.4) is 0 Å². The maximum Gasteiger partial charge on any atom is 0.190 e. The fraction of sp³-hybridized carbons (Fsp3) is 0.500. The molecule has 1 fully saturated rings. The van der Waals surface area contributed by atoms with E-state index in [1.54, 1.807) is 6.07 Å². The Balaban J connectivity index is 2.21. The molecule has 1 aliphatic heterocycles. The quantitative estimate of drug-likeness (QED) is 0.462. The van der Waals surface area contributed by atoms with Gasteiger partial charge < -0.3 is 9.64 Å². The number of aromatic nitrogens is 2. The van der Waals surface area contributed by atoms with Gasteiger partial charge in [-0.2, -0.15) is 5.26 Å². The van der Waals surface area contributed by atoms with Crippen LogP contribution >= 0.6 is 23.4 Å². The molecule has 1 aliphatic rings. The highest BCUT2D eigenvalue weighted by Gasteiger charge is 2.21. The Hall–Kier alpha value is -1.03. The molecule has 0 N–H and O–H groups in total. The van der Waals surface area contributed by atoms with Gasteiger partial charge in [-0.25, -0.2) is 9.97 Å². The lowest BCUT2D eigenvalue weighted by Crippen LogP contribution is -2.42. The highest BCUT2D eigenvalue weighted by atomic mass is 35.5. The molecular formula is C10H11ClN4OS. The second-order valence-corrected chi connectivity index (χ2v) is 4.63. The summed E-state index contributed by atoms with van der Waals surface area (Å²) >= 11 is 7.37. The van der Waals surface area contributed by atoms with Crippen molar-refractivity contribution in [3.8, 4) is 6.07 Å². The van der Waals surface area contributed by atoms with Gasteiger partial charge in [-0.3, -0.25) is 0 Å². The smallest absolute Gasteiger partial charge is 0.190 e. The Bertz CT molecular complexity index is 450. The Labute approximate surface area is 109 Å². The first-order chi connectivity index (χ1) is 8.22. The SMILES string of the molecule is CSc1nc(Cl)cc(N2CCOC(C#N)C2)n1. The maximum absolute atomic E-state index is 8.85. The largest absolute Gasteiger partial charge is 0.360 e. The predicted octanol–water partition coefficient (Wildman–Crippen LogP) is 1.58. The number of halogens is 1. The maximum atomic E-state index is 8.85. The molecule has 5 nitrogen and oxygen atoms in total. The van der Waals surface area contributed by atoms with Crippen molar-refractivity contribution >= 4 is 29.2 Å². The number of nitrogens with zero attached hydrogens (tertiary/aromatic N) is 4. The predicted molar refractivity (Wildman–Crippen MR) is 66.4 cm³/mol. The van der Waals surface area contributed by atoms with Gasteiger partial charge in [0, 0.05) is 12.6 Å². The molecule has 0 radical (unpaired) electrons. The average Bonchev–Trinajstić information content (AvgIpc) is 2.38. The lowest BCUT2D eigenvalue weighted by atomic mass is 10.3. The standard InChI is InChI=1S/C10H11ClN4OS/c1-17-10-13-8(11)4-9(14-10)15-2-3-16-7(5-12)6-15/h4,7H,2-3,6H2,1H3. The zero-order chi connectivity index (χ0) is 12.3. The number of hydrogen-bond donors (Lipinski definition) is 0. The van der Waals surface area contributed by atoms with E-state index < -0.39 is 6.10 Å². The summed E-state index contributed by atoms with van der Waals surface area (Å²) in [6.07, 6.45) is 1.49. The molecule has 2 rings (SSSR count). The number of morpholine rings is 1. The highest BCUT2D eigenvalue weighted by molar-refractivity contribution is 7.98. The van der Waals surface area contributed by atoms with E-state index >= 15 is 0 Å². The number of hydrogen-bond acceptors (Lipinski definition) is 6. The second kappa shape index (κ2) is 5.54. The van der Waals surface area contributed by atoms with Crippen molar-refractivity contribution < 1.29 is 4.74 Å². The van der Waals surface area contributed by atoms with Crippen LogP contribution in [0.5, 0.6) is 0 Å². The minimum Gasteiger partial charge on any atom is -0.360 e. The Kier molecular flexibility index (Phi) is 4.05. The molecule has 1 unspecified atom stereocenters. The first-order valence-electron chi connectivity index (χ1n) is 5.07. The third-order valence-corrected chi connectivity index (χ3v) is 3.12. The molecule has 17 heavy (non-hydrogen) atoms. The Morgan fingerprint density at radius 2 is 2.47 bits per heavy atom. The molecule has 90 valence electrons. The van der Waals surface area contributed by atoms with Crippen molar-refractivity contribution in [2.24, 2.45) is 0 Å². The molecule has 0 spiro atoms. The first kappa shape index (κ1) is 12.4. The van der Waals surface area contributed by atoms with Crippen LogP contribution in [-0.4, -0.2) is 42.0 Å². The lowest BCUT2D eigenvalue weighted by Gasteiger charge is -2.30. The highest BCUT2D eigenvalue weighted by Crippen LogP contribution is 2.21. The third kappa shape index (κ3) is 3.00. The fourth-order valence-electron chi connectivity index (χ4n) is 1.57. The molecule has 7 heteroatoms. The van der Waals surface area contributed by atoms with Gasteiger partial charge in [0.1, 0.15) is 11.0 Å². The molecule has 0 amide bonds. The van der Waals surface area contributed by atoms with Crippen molar-refractivity contribution in [1.29, 1.82) is 5.26 Å². The molecule has 0 saturated carbocycles. The number of rotatable bonds is 2. The lowest BCUT2D eigenvalue weighted by molar-refractivity contribution is 0.0761. The number of anilines is 1. The van der Waals surface area contributed by atoms with Crippen LogP contribution in [0.15, 0.2) is 11.2 Å². The minimum absolute atomic E-state index is 0.407. The van der Waals surface area contributed by atoms with E-state index in [-0.39, 0.29) is 0 Å². The summed E-state index contributed by atoms with van der Waals surface area (Å²) in [7, 11) is 0. The summed E-state index contributed by atoms with van der Waals surface area (Å²) in [5.41, 5.74) is 0. The fourth-order valence-corrected chi connectivity index (χ4v) is 2.18. The minimum atomic E-state index is -0.407. The summed E-state index contributed by atoms with van der Waals surface area (Å²) in [4.78, 5) is 10.4. The molecule has 0 bridgehead atoms. The van der Waals surface area contributed by atoms with Crippen LogP contribution in [0.25, 0.3) is 0 Å². The van der Waals surface area contributed by atoms with Crippen molar-refractivity contribution in [1.82, 2.24) is 9.97 Å². The molecule has 0 aliphatic carbocycles. The van der Waals surface area contributed by atoms with Gasteiger partial charge in [0.15, 0.2) is 11.3 Å². The van der Waals surface area contributed by atoms with E-state index in [0.717, 1.165) is 5.82 Å². The van der Waals surface area contributed by atoms with Crippen molar-refractivity contribution in [2.45, 2.75) is 11.3 Å². The van der Waals surface area contributed by atoms with E-state index in [1.807, 2.05) is 11.2 Å². The number of nitriles is 1. The van der Waals surface area contributed by atoms with E-state index in [4.69, 9.17) is 21.6 Å². The van der Waals surface area contributed by atoms with Crippen LogP contribution in [0.4, 0.5) is 5.82 Å². The van der Waals surface area contributed by atoms with Crippen LogP contribution < -0.4 is 4.90 Å².